The number of carbonyl (C=O) groups is 1. The Bertz CT molecular complexity index is 599. The second-order valence-corrected chi connectivity index (χ2v) is 4.86. The lowest BCUT2D eigenvalue weighted by Crippen LogP contribution is -2.35. The molecule has 0 saturated heterocycles. The van der Waals surface area contributed by atoms with Crippen molar-refractivity contribution in [3.8, 4) is 5.75 Å². The zero-order valence-corrected chi connectivity index (χ0v) is 12.2. The van der Waals surface area contributed by atoms with E-state index in [2.05, 4.69) is 5.32 Å². The molecule has 0 heterocycles. The van der Waals surface area contributed by atoms with Gasteiger partial charge in [-0.05, 0) is 18.6 Å². The second-order valence-electron chi connectivity index (χ2n) is 4.86. The lowest BCUT2D eigenvalue weighted by molar-refractivity contribution is -0.123. The highest BCUT2D eigenvalue weighted by atomic mass is 16.5. The highest BCUT2D eigenvalue weighted by Gasteiger charge is 2.19. The van der Waals surface area contributed by atoms with Gasteiger partial charge in [0.1, 0.15) is 11.8 Å². The number of nitrogens with one attached hydrogen (secondary N) is 1. The van der Waals surface area contributed by atoms with Crippen LogP contribution < -0.4 is 15.8 Å². The summed E-state index contributed by atoms with van der Waals surface area (Å²) in [5.74, 6) is 0.540. The first kappa shape index (κ1) is 15.1. The molecule has 2 aromatic rings. The van der Waals surface area contributed by atoms with Crippen molar-refractivity contribution in [2.75, 3.05) is 7.11 Å². The molecule has 0 unspecified atom stereocenters. The number of rotatable bonds is 5. The van der Waals surface area contributed by atoms with E-state index >= 15 is 0 Å². The summed E-state index contributed by atoms with van der Waals surface area (Å²) in [4.78, 5) is 12.2. The zero-order chi connectivity index (χ0) is 15.2. The molecule has 2 aromatic carbocycles. The molecule has 2 atom stereocenters. The van der Waals surface area contributed by atoms with Crippen molar-refractivity contribution < 1.29 is 9.53 Å². The van der Waals surface area contributed by atoms with Gasteiger partial charge in [-0.25, -0.2) is 0 Å². The van der Waals surface area contributed by atoms with Crippen LogP contribution in [0.1, 0.15) is 30.1 Å². The SMILES string of the molecule is COc1ccccc1[C@H](C)NC(=O)[C@H](N)c1ccccc1. The van der Waals surface area contributed by atoms with Crippen LogP contribution in [0.3, 0.4) is 0 Å². The number of methoxy groups -OCH3 is 1. The Morgan fingerprint density at radius 2 is 1.71 bits per heavy atom. The molecule has 4 nitrogen and oxygen atoms in total. The van der Waals surface area contributed by atoms with Crippen LogP contribution in [0, 0.1) is 0 Å². The largest absolute Gasteiger partial charge is 0.496 e. The molecule has 0 aliphatic carbocycles. The van der Waals surface area contributed by atoms with Crippen molar-refractivity contribution in [2.45, 2.75) is 19.0 Å². The van der Waals surface area contributed by atoms with Crippen LogP contribution in [0.25, 0.3) is 0 Å². The van der Waals surface area contributed by atoms with E-state index in [9.17, 15) is 4.79 Å². The lowest BCUT2D eigenvalue weighted by Gasteiger charge is -2.20. The number of para-hydroxylation sites is 1. The van der Waals surface area contributed by atoms with Gasteiger partial charge in [-0.2, -0.15) is 0 Å². The molecule has 0 bridgehead atoms. The number of nitrogens with two attached hydrogens (primary N) is 1. The number of hydrogen-bond donors (Lipinski definition) is 2. The summed E-state index contributed by atoms with van der Waals surface area (Å²) < 4.78 is 5.31. The van der Waals surface area contributed by atoms with E-state index in [1.165, 1.54) is 0 Å². The minimum absolute atomic E-state index is 0.177. The molecule has 1 amide bonds. The monoisotopic (exact) mass is 284 g/mol. The Morgan fingerprint density at radius 1 is 1.10 bits per heavy atom. The maximum atomic E-state index is 12.2. The molecule has 0 spiro atoms. The molecule has 4 heteroatoms. The highest BCUT2D eigenvalue weighted by molar-refractivity contribution is 5.83. The summed E-state index contributed by atoms with van der Waals surface area (Å²) in [5, 5.41) is 2.93. The van der Waals surface area contributed by atoms with E-state index in [1.807, 2.05) is 61.5 Å². The van der Waals surface area contributed by atoms with Gasteiger partial charge in [-0.3, -0.25) is 4.79 Å². The van der Waals surface area contributed by atoms with Crippen LogP contribution >= 0.6 is 0 Å². The quantitative estimate of drug-likeness (QED) is 0.887. The first-order chi connectivity index (χ1) is 10.1. The molecule has 0 radical (unpaired) electrons. The van der Waals surface area contributed by atoms with E-state index in [4.69, 9.17) is 10.5 Å². The Labute approximate surface area is 124 Å². The zero-order valence-electron chi connectivity index (χ0n) is 12.2. The molecule has 0 fully saturated rings. The summed E-state index contributed by atoms with van der Waals surface area (Å²) in [5.41, 5.74) is 7.71. The Balaban J connectivity index is 2.09. The fraction of sp³-hybridized carbons (Fsp3) is 0.235. The molecular weight excluding hydrogens is 264 g/mol. The number of benzene rings is 2. The number of carbonyl (C=O) groups excluding carboxylic acids is 1. The summed E-state index contributed by atoms with van der Waals surface area (Å²) in [6, 6.07) is 16.1. The van der Waals surface area contributed by atoms with Crippen LogP contribution in [-0.2, 0) is 4.79 Å². The molecule has 0 aliphatic heterocycles. The summed E-state index contributed by atoms with van der Waals surface area (Å²) in [6.07, 6.45) is 0. The molecule has 2 rings (SSSR count). The van der Waals surface area contributed by atoms with Crippen molar-refractivity contribution in [3.05, 3.63) is 65.7 Å². The van der Waals surface area contributed by atoms with Crippen molar-refractivity contribution in [2.24, 2.45) is 5.73 Å². The fourth-order valence-electron chi connectivity index (χ4n) is 2.22. The van der Waals surface area contributed by atoms with Gasteiger partial charge in [0.05, 0.1) is 13.2 Å². The number of amides is 1. The topological polar surface area (TPSA) is 64.3 Å². The first-order valence-corrected chi connectivity index (χ1v) is 6.87. The smallest absolute Gasteiger partial charge is 0.241 e. The van der Waals surface area contributed by atoms with Gasteiger partial charge in [0, 0.05) is 5.56 Å². The third kappa shape index (κ3) is 3.61. The standard InChI is InChI=1S/C17H20N2O2/c1-12(14-10-6-7-11-15(14)21-2)19-17(20)16(18)13-8-4-3-5-9-13/h3-12,16H,18H2,1-2H3,(H,19,20)/t12-,16+/m0/s1. The Morgan fingerprint density at radius 3 is 2.38 bits per heavy atom. The van der Waals surface area contributed by atoms with E-state index < -0.39 is 6.04 Å². The highest BCUT2D eigenvalue weighted by Crippen LogP contribution is 2.24. The maximum absolute atomic E-state index is 12.2. The van der Waals surface area contributed by atoms with Crippen LogP contribution in [0.4, 0.5) is 0 Å². The minimum atomic E-state index is -0.677. The summed E-state index contributed by atoms with van der Waals surface area (Å²) >= 11 is 0. The van der Waals surface area contributed by atoms with Gasteiger partial charge in [0.15, 0.2) is 0 Å². The molecule has 0 aliphatic rings. The third-order valence-corrected chi connectivity index (χ3v) is 3.41. The average molecular weight is 284 g/mol. The predicted molar refractivity (Wildman–Crippen MR) is 82.9 cm³/mol. The van der Waals surface area contributed by atoms with E-state index in [-0.39, 0.29) is 11.9 Å². The summed E-state index contributed by atoms with van der Waals surface area (Å²) in [7, 11) is 1.61. The molecule has 110 valence electrons. The number of hydrogen-bond acceptors (Lipinski definition) is 3. The van der Waals surface area contributed by atoms with Crippen LogP contribution in [0.2, 0.25) is 0 Å². The Hall–Kier alpha value is -2.33. The maximum Gasteiger partial charge on any atom is 0.241 e. The van der Waals surface area contributed by atoms with Crippen LogP contribution in [0.5, 0.6) is 5.75 Å². The average Bonchev–Trinajstić information content (AvgIpc) is 2.54. The minimum Gasteiger partial charge on any atom is -0.496 e. The van der Waals surface area contributed by atoms with Crippen LogP contribution in [-0.4, -0.2) is 13.0 Å². The molecular formula is C17H20N2O2. The molecule has 0 aromatic heterocycles. The van der Waals surface area contributed by atoms with Gasteiger partial charge < -0.3 is 15.8 Å². The van der Waals surface area contributed by atoms with E-state index in [0.717, 1.165) is 16.9 Å². The first-order valence-electron chi connectivity index (χ1n) is 6.87. The van der Waals surface area contributed by atoms with Crippen LogP contribution in [0.15, 0.2) is 54.6 Å². The van der Waals surface area contributed by atoms with Gasteiger partial charge in [-0.1, -0.05) is 48.5 Å². The lowest BCUT2D eigenvalue weighted by atomic mass is 10.0. The van der Waals surface area contributed by atoms with Gasteiger partial charge in [0.25, 0.3) is 0 Å². The second kappa shape index (κ2) is 6.90. The fourth-order valence-corrected chi connectivity index (χ4v) is 2.22. The third-order valence-electron chi connectivity index (χ3n) is 3.41. The normalized spacial score (nSPS) is 13.3. The van der Waals surface area contributed by atoms with Gasteiger partial charge in [-0.15, -0.1) is 0 Å². The van der Waals surface area contributed by atoms with Gasteiger partial charge in [0.2, 0.25) is 5.91 Å². The van der Waals surface area contributed by atoms with Crippen molar-refractivity contribution in [3.63, 3.8) is 0 Å². The van der Waals surface area contributed by atoms with Crippen molar-refractivity contribution >= 4 is 5.91 Å². The molecule has 3 N–H and O–H groups in total. The van der Waals surface area contributed by atoms with E-state index in [0.29, 0.717) is 0 Å². The Kier molecular flexibility index (Phi) is 4.95. The van der Waals surface area contributed by atoms with Gasteiger partial charge >= 0.3 is 0 Å². The van der Waals surface area contributed by atoms with E-state index in [1.54, 1.807) is 7.11 Å². The summed E-state index contributed by atoms with van der Waals surface area (Å²) in [6.45, 7) is 1.91. The van der Waals surface area contributed by atoms with Crippen molar-refractivity contribution in [1.29, 1.82) is 0 Å². The molecule has 0 saturated carbocycles. The van der Waals surface area contributed by atoms with Crippen molar-refractivity contribution in [1.82, 2.24) is 5.32 Å². The number of ether oxygens (including phenoxy) is 1. The molecule has 21 heavy (non-hydrogen) atoms. The predicted octanol–water partition coefficient (Wildman–Crippen LogP) is 2.57.